The number of benzene rings is 1. The summed E-state index contributed by atoms with van der Waals surface area (Å²) in [6.07, 6.45) is 4.33. The maximum Gasteiger partial charge on any atom is 0.200 e. The Morgan fingerprint density at radius 3 is 2.59 bits per heavy atom. The molecule has 5 rings (SSSR count). The number of hydrogen-bond acceptors (Lipinski definition) is 9. The lowest BCUT2D eigenvalue weighted by molar-refractivity contribution is -0.0231. The van der Waals surface area contributed by atoms with Crippen molar-refractivity contribution in [3.8, 4) is 11.5 Å². The lowest BCUT2D eigenvalue weighted by Crippen LogP contribution is -2.39. The van der Waals surface area contributed by atoms with Crippen molar-refractivity contribution in [3.63, 3.8) is 0 Å². The van der Waals surface area contributed by atoms with Crippen molar-refractivity contribution in [2.45, 2.75) is 115 Å². The maximum absolute atomic E-state index is 14.6. The molecule has 1 aliphatic carbocycles. The first-order chi connectivity index (χ1) is 19.4. The first-order valence-electron chi connectivity index (χ1n) is 14.7. The van der Waals surface area contributed by atoms with Crippen LogP contribution in [0.25, 0.3) is 11.0 Å². The summed E-state index contributed by atoms with van der Waals surface area (Å²) < 4.78 is 19.8. The highest BCUT2D eigenvalue weighted by atomic mass is 33.1. The van der Waals surface area contributed by atoms with Crippen molar-refractivity contribution in [3.05, 3.63) is 32.7 Å². The molecule has 3 heterocycles. The predicted molar refractivity (Wildman–Crippen MR) is 166 cm³/mol. The topological polar surface area (TPSA) is 154 Å². The molecule has 2 aromatic rings. The molecule has 1 saturated carbocycles. The van der Waals surface area contributed by atoms with E-state index < -0.39 is 17.8 Å². The van der Waals surface area contributed by atoms with E-state index in [4.69, 9.17) is 25.4 Å². The number of fused-ring (bicyclic) bond motifs is 3. The number of rotatable bonds is 7. The van der Waals surface area contributed by atoms with Gasteiger partial charge in [-0.3, -0.25) is 4.79 Å². The van der Waals surface area contributed by atoms with Crippen LogP contribution in [0.15, 0.2) is 14.2 Å². The fourth-order valence-corrected chi connectivity index (χ4v) is 8.26. The second kappa shape index (κ2) is 12.3. The zero-order valence-electron chi connectivity index (χ0n) is 24.4. The van der Waals surface area contributed by atoms with Gasteiger partial charge < -0.3 is 35.6 Å². The Labute approximate surface area is 249 Å². The highest BCUT2D eigenvalue weighted by molar-refractivity contribution is 8.76. The van der Waals surface area contributed by atoms with E-state index in [1.165, 1.54) is 0 Å². The van der Waals surface area contributed by atoms with Crippen molar-refractivity contribution < 1.29 is 24.1 Å². The maximum atomic E-state index is 14.6. The summed E-state index contributed by atoms with van der Waals surface area (Å²) in [4.78, 5) is 18.9. The molecule has 11 heteroatoms. The van der Waals surface area contributed by atoms with Crippen LogP contribution in [0.5, 0.6) is 11.5 Å². The molecule has 3 unspecified atom stereocenters. The molecule has 2 bridgehead atoms. The van der Waals surface area contributed by atoms with E-state index in [1.54, 1.807) is 35.4 Å². The molecule has 0 saturated heterocycles. The monoisotopic (exact) mass is 605 g/mol. The Balaban J connectivity index is 1.77. The average Bonchev–Trinajstić information content (AvgIpc) is 3.55. The minimum absolute atomic E-state index is 0.00507. The van der Waals surface area contributed by atoms with Crippen molar-refractivity contribution in [2.24, 2.45) is 22.4 Å². The third-order valence-corrected chi connectivity index (χ3v) is 10.6. The quantitative estimate of drug-likeness (QED) is 0.198. The Bertz CT molecular complexity index is 1360. The molecule has 6 N–H and O–H groups in total. The van der Waals surface area contributed by atoms with Crippen LogP contribution in [-0.4, -0.2) is 45.8 Å². The lowest BCUT2D eigenvalue weighted by atomic mass is 9.92. The molecule has 2 aliphatic heterocycles. The summed E-state index contributed by atoms with van der Waals surface area (Å²) in [7, 11) is 3.19. The minimum Gasteiger partial charge on any atom is -0.489 e. The summed E-state index contributed by atoms with van der Waals surface area (Å²) >= 11 is 0. The molecule has 41 heavy (non-hydrogen) atoms. The largest absolute Gasteiger partial charge is 0.489 e. The minimum atomic E-state index is -1.10. The van der Waals surface area contributed by atoms with Gasteiger partial charge in [-0.05, 0) is 58.3 Å². The molecular weight excluding hydrogens is 562 g/mol. The van der Waals surface area contributed by atoms with Gasteiger partial charge in [0.25, 0.3) is 0 Å². The molecule has 3 aliphatic rings. The van der Waals surface area contributed by atoms with E-state index in [2.05, 4.69) is 18.8 Å². The number of nitrogens with zero attached hydrogens (tertiary/aromatic N) is 1. The fraction of sp³-hybridized carbons (Fsp3) is 0.667. The third-order valence-electron chi connectivity index (χ3n) is 8.23. The normalized spacial score (nSPS) is 23.4. The van der Waals surface area contributed by atoms with Crippen LogP contribution in [0.3, 0.4) is 0 Å². The number of aliphatic hydroxyl groups excluding tert-OH is 1. The van der Waals surface area contributed by atoms with E-state index in [-0.39, 0.29) is 35.7 Å². The highest BCUT2D eigenvalue weighted by Crippen LogP contribution is 2.50. The van der Waals surface area contributed by atoms with Crippen LogP contribution in [0.2, 0.25) is 0 Å². The van der Waals surface area contributed by atoms with Crippen molar-refractivity contribution in [1.82, 2.24) is 0 Å². The van der Waals surface area contributed by atoms with Gasteiger partial charge in [0.1, 0.15) is 40.4 Å². The molecule has 3 atom stereocenters. The van der Waals surface area contributed by atoms with E-state index in [1.807, 2.05) is 0 Å². The summed E-state index contributed by atoms with van der Waals surface area (Å²) in [5.74, 6) is 2.77. The van der Waals surface area contributed by atoms with Gasteiger partial charge in [0.05, 0.1) is 17.7 Å². The Hall–Kier alpha value is -2.08. The van der Waals surface area contributed by atoms with Gasteiger partial charge in [0.15, 0.2) is 11.4 Å². The smallest absolute Gasteiger partial charge is 0.200 e. The standard InChI is InChI=1S/C30H43N3O6S2/c1-15(2)9-10-18-24(35)23-27(37-17-7-5-6-8-17)19-12-22(30(3,4)36)38-25(19)20-14-41-40-13-16(33-29(31)32)11-21(34)26(18)39-28(20)23/h15-17,21-22,34,36H,5-14H2,1-4H3,(H4,31,32,33). The van der Waals surface area contributed by atoms with Gasteiger partial charge in [0.2, 0.25) is 0 Å². The molecule has 1 aromatic heterocycles. The van der Waals surface area contributed by atoms with Gasteiger partial charge in [-0.15, -0.1) is 0 Å². The number of nitrogens with two attached hydrogens (primary N) is 2. The van der Waals surface area contributed by atoms with Crippen LogP contribution in [0.1, 0.15) is 94.8 Å². The lowest BCUT2D eigenvalue weighted by Gasteiger charge is -2.25. The van der Waals surface area contributed by atoms with E-state index in [0.717, 1.165) is 43.2 Å². The van der Waals surface area contributed by atoms with Gasteiger partial charge in [-0.1, -0.05) is 35.4 Å². The Kier molecular flexibility index (Phi) is 9.09. The number of guanidine groups is 1. The molecule has 1 fully saturated rings. The van der Waals surface area contributed by atoms with Crippen LogP contribution < -0.4 is 26.4 Å². The fourth-order valence-electron chi connectivity index (χ4n) is 5.97. The van der Waals surface area contributed by atoms with E-state index in [9.17, 15) is 15.0 Å². The van der Waals surface area contributed by atoms with Crippen LogP contribution >= 0.6 is 21.6 Å². The van der Waals surface area contributed by atoms with Gasteiger partial charge in [0, 0.05) is 41.0 Å². The van der Waals surface area contributed by atoms with E-state index in [0.29, 0.717) is 58.3 Å². The predicted octanol–water partition coefficient (Wildman–Crippen LogP) is 4.74. The zero-order valence-corrected chi connectivity index (χ0v) is 26.0. The highest BCUT2D eigenvalue weighted by Gasteiger charge is 2.41. The van der Waals surface area contributed by atoms with Gasteiger partial charge in [-0.25, -0.2) is 4.99 Å². The molecule has 1 aromatic carbocycles. The number of hydrogen-bond donors (Lipinski definition) is 4. The van der Waals surface area contributed by atoms with E-state index >= 15 is 0 Å². The number of aliphatic imine (C=N–C) groups is 1. The summed E-state index contributed by atoms with van der Waals surface area (Å²) in [5.41, 5.74) is 12.6. The number of aliphatic hydroxyl groups is 2. The van der Waals surface area contributed by atoms with Gasteiger partial charge >= 0.3 is 0 Å². The summed E-state index contributed by atoms with van der Waals surface area (Å²) in [6, 6.07) is -0.351. The SMILES string of the molecule is CC(C)CCc1c2oc3c(c4c(c(OC5CCCC5)c3c1=O)CC(C(C)(C)O)O4)CSSCC(N=C(N)N)CC2O. The first-order valence-corrected chi connectivity index (χ1v) is 17.2. The van der Waals surface area contributed by atoms with Crippen LogP contribution in [0.4, 0.5) is 0 Å². The Morgan fingerprint density at radius 1 is 1.20 bits per heavy atom. The molecular formula is C30H43N3O6S2. The average molecular weight is 606 g/mol. The Morgan fingerprint density at radius 2 is 1.93 bits per heavy atom. The summed E-state index contributed by atoms with van der Waals surface area (Å²) in [6.45, 7) is 7.69. The molecule has 226 valence electrons. The summed E-state index contributed by atoms with van der Waals surface area (Å²) in [5, 5.41) is 22.9. The second-order valence-electron chi connectivity index (χ2n) is 12.5. The molecule has 0 spiro atoms. The molecule has 0 radical (unpaired) electrons. The number of ether oxygens (including phenoxy) is 2. The zero-order chi connectivity index (χ0) is 29.5. The van der Waals surface area contributed by atoms with Crippen LogP contribution in [-0.2, 0) is 18.6 Å². The first kappa shape index (κ1) is 30.4. The van der Waals surface area contributed by atoms with Crippen LogP contribution in [0, 0.1) is 5.92 Å². The van der Waals surface area contributed by atoms with Crippen molar-refractivity contribution in [2.75, 3.05) is 5.75 Å². The van der Waals surface area contributed by atoms with Crippen molar-refractivity contribution in [1.29, 1.82) is 0 Å². The van der Waals surface area contributed by atoms with Gasteiger partial charge in [-0.2, -0.15) is 0 Å². The third kappa shape index (κ3) is 6.48. The molecule has 0 amide bonds. The molecule has 9 nitrogen and oxygen atoms in total. The van der Waals surface area contributed by atoms with Crippen molar-refractivity contribution >= 4 is 38.5 Å². The second-order valence-corrected chi connectivity index (χ2v) is 15.0.